The van der Waals surface area contributed by atoms with Crippen molar-refractivity contribution in [2.24, 2.45) is 0 Å². The summed E-state index contributed by atoms with van der Waals surface area (Å²) in [4.78, 5) is 0.356. The van der Waals surface area contributed by atoms with Gasteiger partial charge in [-0.1, -0.05) is 12.1 Å². The quantitative estimate of drug-likeness (QED) is 0.783. The normalized spacial score (nSPS) is 17.9. The lowest BCUT2D eigenvalue weighted by Crippen LogP contribution is -2.33. The highest BCUT2D eigenvalue weighted by molar-refractivity contribution is 7.89. The van der Waals surface area contributed by atoms with Crippen molar-refractivity contribution in [3.63, 3.8) is 0 Å². The third kappa shape index (κ3) is 3.95. The number of alkyl halides is 1. The Morgan fingerprint density at radius 3 is 2.60 bits per heavy atom. The lowest BCUT2D eigenvalue weighted by atomic mass is 10.1. The first-order chi connectivity index (χ1) is 9.64. The van der Waals surface area contributed by atoms with E-state index < -0.39 is 10.0 Å². The van der Waals surface area contributed by atoms with Gasteiger partial charge in [0.05, 0.1) is 11.5 Å². The number of halogens is 1. The van der Waals surface area contributed by atoms with Crippen LogP contribution in [0, 0.1) is 0 Å². The number of benzene rings is 1. The molecule has 1 saturated heterocycles. The SMILES string of the molecule is O=S(=O)(c1ccc(CCCCl)cc1)N1CCCOCC1. The summed E-state index contributed by atoms with van der Waals surface area (Å²) in [7, 11) is -3.40. The number of sulfonamides is 1. The Bertz CT molecular complexity index is 508. The van der Waals surface area contributed by atoms with Crippen LogP contribution in [0.15, 0.2) is 29.2 Å². The number of aryl methyl sites for hydroxylation is 1. The van der Waals surface area contributed by atoms with Crippen LogP contribution in [-0.2, 0) is 21.2 Å². The number of hydrogen-bond acceptors (Lipinski definition) is 3. The predicted molar refractivity (Wildman–Crippen MR) is 79.7 cm³/mol. The van der Waals surface area contributed by atoms with E-state index in [1.165, 1.54) is 4.31 Å². The summed E-state index contributed by atoms with van der Waals surface area (Å²) in [5.74, 6) is 0.619. The van der Waals surface area contributed by atoms with Crippen LogP contribution < -0.4 is 0 Å². The Labute approximate surface area is 125 Å². The summed E-state index contributed by atoms with van der Waals surface area (Å²) in [6, 6.07) is 7.11. The summed E-state index contributed by atoms with van der Waals surface area (Å²) in [6.07, 6.45) is 2.52. The van der Waals surface area contributed by atoms with Crippen molar-refractivity contribution in [2.75, 3.05) is 32.2 Å². The van der Waals surface area contributed by atoms with E-state index in [0.29, 0.717) is 37.1 Å². The largest absolute Gasteiger partial charge is 0.380 e. The van der Waals surface area contributed by atoms with Crippen molar-refractivity contribution >= 4 is 21.6 Å². The Hall–Kier alpha value is -0.620. The van der Waals surface area contributed by atoms with E-state index in [2.05, 4.69) is 0 Å². The molecule has 1 aromatic rings. The Morgan fingerprint density at radius 2 is 1.90 bits per heavy atom. The van der Waals surface area contributed by atoms with Crippen molar-refractivity contribution in [1.82, 2.24) is 4.31 Å². The first-order valence-corrected chi connectivity index (χ1v) is 8.85. The molecule has 0 atom stereocenters. The molecule has 1 aliphatic heterocycles. The molecule has 0 bridgehead atoms. The highest BCUT2D eigenvalue weighted by Gasteiger charge is 2.25. The number of nitrogens with zero attached hydrogens (tertiary/aromatic N) is 1. The molecule has 1 fully saturated rings. The van der Waals surface area contributed by atoms with Gasteiger partial charge >= 0.3 is 0 Å². The van der Waals surface area contributed by atoms with Gasteiger partial charge in [0.2, 0.25) is 10.0 Å². The second-order valence-electron chi connectivity index (χ2n) is 4.81. The lowest BCUT2D eigenvalue weighted by Gasteiger charge is -2.19. The Kier molecular flexibility index (Phi) is 5.84. The fraction of sp³-hybridized carbons (Fsp3) is 0.571. The molecule has 1 aliphatic rings. The van der Waals surface area contributed by atoms with E-state index in [4.69, 9.17) is 16.3 Å². The van der Waals surface area contributed by atoms with Gasteiger partial charge in [0, 0.05) is 25.6 Å². The van der Waals surface area contributed by atoms with Crippen molar-refractivity contribution in [2.45, 2.75) is 24.2 Å². The summed E-state index contributed by atoms with van der Waals surface area (Å²) in [6.45, 7) is 2.04. The molecule has 0 amide bonds. The monoisotopic (exact) mass is 317 g/mol. The molecule has 2 rings (SSSR count). The van der Waals surface area contributed by atoms with Gasteiger partial charge in [-0.25, -0.2) is 8.42 Å². The van der Waals surface area contributed by atoms with Crippen LogP contribution in [0.1, 0.15) is 18.4 Å². The van der Waals surface area contributed by atoms with E-state index in [-0.39, 0.29) is 0 Å². The van der Waals surface area contributed by atoms with Gasteiger partial charge < -0.3 is 4.74 Å². The summed E-state index contributed by atoms with van der Waals surface area (Å²) >= 11 is 5.66. The van der Waals surface area contributed by atoms with Gasteiger partial charge in [0.25, 0.3) is 0 Å². The van der Waals surface area contributed by atoms with E-state index in [1.54, 1.807) is 12.1 Å². The zero-order valence-corrected chi connectivity index (χ0v) is 13.0. The Balaban J connectivity index is 2.12. The van der Waals surface area contributed by atoms with Crippen LogP contribution in [-0.4, -0.2) is 44.9 Å². The standard InChI is InChI=1S/C14H20ClNO3S/c15-8-1-3-13-4-6-14(7-5-13)20(17,18)16-9-2-11-19-12-10-16/h4-7H,1-3,8-12H2. The zero-order chi connectivity index (χ0) is 14.4. The molecule has 0 radical (unpaired) electrons. The van der Waals surface area contributed by atoms with Gasteiger partial charge in [-0.3, -0.25) is 0 Å². The van der Waals surface area contributed by atoms with Gasteiger partial charge in [-0.15, -0.1) is 11.6 Å². The molecule has 0 saturated carbocycles. The van der Waals surface area contributed by atoms with Crippen LogP contribution >= 0.6 is 11.6 Å². The summed E-state index contributed by atoms with van der Waals surface area (Å²) in [5, 5.41) is 0. The Morgan fingerprint density at radius 1 is 1.15 bits per heavy atom. The minimum absolute atomic E-state index is 0.356. The van der Waals surface area contributed by atoms with E-state index in [0.717, 1.165) is 24.8 Å². The highest BCUT2D eigenvalue weighted by Crippen LogP contribution is 2.18. The lowest BCUT2D eigenvalue weighted by molar-refractivity contribution is 0.148. The number of ether oxygens (including phenoxy) is 1. The third-order valence-electron chi connectivity index (χ3n) is 3.34. The van der Waals surface area contributed by atoms with Crippen molar-refractivity contribution in [3.8, 4) is 0 Å². The second kappa shape index (κ2) is 7.41. The molecule has 0 aliphatic carbocycles. The van der Waals surface area contributed by atoms with Crippen molar-refractivity contribution < 1.29 is 13.2 Å². The average Bonchev–Trinajstić information content (AvgIpc) is 2.75. The van der Waals surface area contributed by atoms with Gasteiger partial charge in [-0.2, -0.15) is 4.31 Å². The van der Waals surface area contributed by atoms with Crippen LogP contribution in [0.3, 0.4) is 0 Å². The van der Waals surface area contributed by atoms with Gasteiger partial charge in [-0.05, 0) is 37.0 Å². The van der Waals surface area contributed by atoms with Crippen molar-refractivity contribution in [1.29, 1.82) is 0 Å². The number of rotatable bonds is 5. The molecule has 6 heteroatoms. The first-order valence-electron chi connectivity index (χ1n) is 6.87. The van der Waals surface area contributed by atoms with Gasteiger partial charge in [0.1, 0.15) is 0 Å². The molecular weight excluding hydrogens is 298 g/mol. The predicted octanol–water partition coefficient (Wildman–Crippen LogP) is 2.27. The minimum atomic E-state index is -3.40. The molecule has 1 aromatic carbocycles. The zero-order valence-electron chi connectivity index (χ0n) is 11.4. The molecular formula is C14H20ClNO3S. The molecule has 0 unspecified atom stereocenters. The molecule has 0 N–H and O–H groups in total. The maximum absolute atomic E-state index is 12.5. The molecule has 20 heavy (non-hydrogen) atoms. The molecule has 0 aromatic heterocycles. The van der Waals surface area contributed by atoms with E-state index >= 15 is 0 Å². The topological polar surface area (TPSA) is 46.6 Å². The van der Waals surface area contributed by atoms with Crippen LogP contribution in [0.4, 0.5) is 0 Å². The van der Waals surface area contributed by atoms with E-state index in [1.807, 2.05) is 12.1 Å². The molecule has 0 spiro atoms. The van der Waals surface area contributed by atoms with Crippen LogP contribution in [0.25, 0.3) is 0 Å². The van der Waals surface area contributed by atoms with Gasteiger partial charge in [0.15, 0.2) is 0 Å². The highest BCUT2D eigenvalue weighted by atomic mass is 35.5. The summed E-state index contributed by atoms with van der Waals surface area (Å²) in [5.41, 5.74) is 1.11. The molecule has 112 valence electrons. The third-order valence-corrected chi connectivity index (χ3v) is 5.52. The number of hydrogen-bond donors (Lipinski definition) is 0. The molecule has 4 nitrogen and oxygen atoms in total. The minimum Gasteiger partial charge on any atom is -0.380 e. The second-order valence-corrected chi connectivity index (χ2v) is 7.12. The smallest absolute Gasteiger partial charge is 0.243 e. The fourth-order valence-electron chi connectivity index (χ4n) is 2.21. The first kappa shape index (κ1) is 15.8. The fourth-order valence-corrected chi connectivity index (χ4v) is 3.81. The molecule has 1 heterocycles. The van der Waals surface area contributed by atoms with Crippen molar-refractivity contribution in [3.05, 3.63) is 29.8 Å². The van der Waals surface area contributed by atoms with Crippen LogP contribution in [0.5, 0.6) is 0 Å². The van der Waals surface area contributed by atoms with E-state index in [9.17, 15) is 8.42 Å². The average molecular weight is 318 g/mol. The maximum Gasteiger partial charge on any atom is 0.243 e. The maximum atomic E-state index is 12.5. The van der Waals surface area contributed by atoms with Crippen LogP contribution in [0.2, 0.25) is 0 Å². The summed E-state index contributed by atoms with van der Waals surface area (Å²) < 4.78 is 31.8.